The fraction of sp³-hybridized carbons (Fsp3) is 0.471. The number of hydrogen-bond donors (Lipinski definition) is 0. The Labute approximate surface area is 164 Å². The van der Waals surface area contributed by atoms with Crippen molar-refractivity contribution in [2.24, 2.45) is 5.92 Å². The first kappa shape index (κ1) is 20.7. The first-order valence-corrected chi connectivity index (χ1v) is 11.3. The van der Waals surface area contributed by atoms with Crippen LogP contribution in [-0.2, 0) is 16.3 Å². The van der Waals surface area contributed by atoms with Crippen LogP contribution >= 0.6 is 11.8 Å². The quantitative estimate of drug-likeness (QED) is 0.464. The average Bonchev–Trinajstić information content (AvgIpc) is 3.20. The number of carbonyl (C=O) groups excluding carboxylic acids is 1. The van der Waals surface area contributed by atoms with Crippen molar-refractivity contribution in [3.63, 3.8) is 0 Å². The van der Waals surface area contributed by atoms with E-state index in [0.29, 0.717) is 18.7 Å². The van der Waals surface area contributed by atoms with Crippen LogP contribution < -0.4 is 4.74 Å². The fourth-order valence-electron chi connectivity index (χ4n) is 2.92. The Balaban J connectivity index is 1.60. The fourth-order valence-corrected chi connectivity index (χ4v) is 5.45. The number of Topliss-reactive ketones (excluding diaryl/α,β-unsaturated/α-hetero) is 1. The van der Waals surface area contributed by atoms with Gasteiger partial charge in [-0.05, 0) is 31.4 Å². The van der Waals surface area contributed by atoms with E-state index < -0.39 is 22.2 Å². The minimum absolute atomic E-state index is 0.0497. The highest BCUT2D eigenvalue weighted by Gasteiger charge is 2.29. The number of aromatic nitrogens is 2. The highest BCUT2D eigenvalue weighted by molar-refractivity contribution is 7.99. The van der Waals surface area contributed by atoms with Gasteiger partial charge in [-0.2, -0.15) is 8.78 Å². The van der Waals surface area contributed by atoms with E-state index in [-0.39, 0.29) is 39.7 Å². The van der Waals surface area contributed by atoms with E-state index in [1.54, 1.807) is 13.0 Å². The summed E-state index contributed by atoms with van der Waals surface area (Å²) in [6, 6.07) is 4.40. The molecular weight excluding hydrogens is 414 g/mol. The highest BCUT2D eigenvalue weighted by Crippen LogP contribution is 2.27. The van der Waals surface area contributed by atoms with Crippen LogP contribution in [0.15, 0.2) is 27.8 Å². The van der Waals surface area contributed by atoms with Crippen molar-refractivity contribution in [2.45, 2.75) is 31.6 Å². The summed E-state index contributed by atoms with van der Waals surface area (Å²) in [5.41, 5.74) is 0.797. The molecule has 7 nitrogen and oxygen atoms in total. The zero-order chi connectivity index (χ0) is 20.3. The summed E-state index contributed by atoms with van der Waals surface area (Å²) < 4.78 is 57.9. The van der Waals surface area contributed by atoms with Gasteiger partial charge >= 0.3 is 6.61 Å². The van der Waals surface area contributed by atoms with Gasteiger partial charge in [0.15, 0.2) is 15.6 Å². The smallest absolute Gasteiger partial charge is 0.387 e. The van der Waals surface area contributed by atoms with Crippen molar-refractivity contribution in [1.29, 1.82) is 0 Å². The van der Waals surface area contributed by atoms with Crippen LogP contribution in [0.1, 0.15) is 28.2 Å². The number of ether oxygens (including phenoxy) is 1. The minimum Gasteiger partial charge on any atom is -0.434 e. The molecule has 28 heavy (non-hydrogen) atoms. The lowest BCUT2D eigenvalue weighted by Crippen LogP contribution is -2.10. The molecule has 1 aromatic carbocycles. The number of hydrogen-bond acceptors (Lipinski definition) is 8. The molecule has 2 heterocycles. The molecule has 1 atom stereocenters. The third kappa shape index (κ3) is 5.51. The Morgan fingerprint density at radius 1 is 1.39 bits per heavy atom. The summed E-state index contributed by atoms with van der Waals surface area (Å²) in [4.78, 5) is 12.4. The van der Waals surface area contributed by atoms with Gasteiger partial charge in [0.05, 0.1) is 22.8 Å². The molecular formula is C17H18F2N2O5S2. The maximum Gasteiger partial charge on any atom is 0.387 e. The molecule has 0 aliphatic carbocycles. The van der Waals surface area contributed by atoms with Crippen molar-refractivity contribution in [3.05, 3.63) is 35.2 Å². The topological polar surface area (TPSA) is 99.4 Å². The molecule has 2 aromatic rings. The van der Waals surface area contributed by atoms with E-state index in [4.69, 9.17) is 4.42 Å². The van der Waals surface area contributed by atoms with Gasteiger partial charge in [0.25, 0.3) is 5.22 Å². The van der Waals surface area contributed by atoms with Gasteiger partial charge in [-0.1, -0.05) is 23.4 Å². The molecule has 0 bridgehead atoms. The molecule has 0 unspecified atom stereocenters. The summed E-state index contributed by atoms with van der Waals surface area (Å²) in [6.45, 7) is -1.29. The normalized spacial score (nSPS) is 18.5. The van der Waals surface area contributed by atoms with Gasteiger partial charge in [-0.3, -0.25) is 4.79 Å². The van der Waals surface area contributed by atoms with Crippen molar-refractivity contribution < 1.29 is 31.1 Å². The van der Waals surface area contributed by atoms with Crippen LogP contribution in [0.5, 0.6) is 5.75 Å². The standard InChI is InChI=1S/C17H18F2N2O5S2/c1-10-2-3-14(25-16(18)19)12(6-10)13(22)8-27-17-21-20-15(26-17)7-11-4-5-28(23,24)9-11/h2-3,6,11,16H,4-5,7-9H2,1H3/t11-/m1/s1. The van der Waals surface area contributed by atoms with Gasteiger partial charge in [0.2, 0.25) is 5.89 Å². The summed E-state index contributed by atoms with van der Waals surface area (Å²) >= 11 is 0.984. The van der Waals surface area contributed by atoms with Crippen molar-refractivity contribution >= 4 is 27.4 Å². The van der Waals surface area contributed by atoms with Gasteiger partial charge in [0, 0.05) is 6.42 Å². The number of ketones is 1. The monoisotopic (exact) mass is 432 g/mol. The van der Waals surface area contributed by atoms with E-state index in [1.165, 1.54) is 12.1 Å². The lowest BCUT2D eigenvalue weighted by molar-refractivity contribution is -0.0501. The largest absolute Gasteiger partial charge is 0.434 e. The first-order valence-electron chi connectivity index (χ1n) is 8.46. The predicted molar refractivity (Wildman–Crippen MR) is 97.6 cm³/mol. The Bertz CT molecular complexity index is 962. The molecule has 0 saturated carbocycles. The molecule has 152 valence electrons. The van der Waals surface area contributed by atoms with E-state index in [0.717, 1.165) is 17.3 Å². The van der Waals surface area contributed by atoms with Crippen LogP contribution in [0.4, 0.5) is 8.78 Å². The van der Waals surface area contributed by atoms with Crippen LogP contribution in [0.2, 0.25) is 0 Å². The van der Waals surface area contributed by atoms with Gasteiger partial charge in [-0.25, -0.2) is 8.42 Å². The Kier molecular flexibility index (Phi) is 6.33. The molecule has 0 radical (unpaired) electrons. The number of sulfone groups is 1. The molecule has 1 aliphatic rings. The van der Waals surface area contributed by atoms with E-state index in [1.807, 2.05) is 0 Å². The summed E-state index contributed by atoms with van der Waals surface area (Å²) in [5, 5.41) is 7.88. The van der Waals surface area contributed by atoms with Crippen LogP contribution in [0.3, 0.4) is 0 Å². The second-order valence-corrected chi connectivity index (χ2v) is 9.68. The predicted octanol–water partition coefficient (Wildman–Crippen LogP) is 2.93. The number of aryl methyl sites for hydroxylation is 1. The summed E-state index contributed by atoms with van der Waals surface area (Å²) in [6.07, 6.45) is 0.928. The lowest BCUT2D eigenvalue weighted by Gasteiger charge is -2.10. The van der Waals surface area contributed by atoms with Crippen LogP contribution in [0, 0.1) is 12.8 Å². The van der Waals surface area contributed by atoms with E-state index in [9.17, 15) is 22.0 Å². The minimum atomic E-state index is -3.03. The van der Waals surface area contributed by atoms with Gasteiger partial charge < -0.3 is 9.15 Å². The Morgan fingerprint density at radius 3 is 2.86 bits per heavy atom. The average molecular weight is 432 g/mol. The Hall–Kier alpha value is -2.01. The van der Waals surface area contributed by atoms with Crippen LogP contribution in [-0.4, -0.2) is 48.3 Å². The third-order valence-corrected chi connectivity index (χ3v) is 6.87. The van der Waals surface area contributed by atoms with E-state index >= 15 is 0 Å². The van der Waals surface area contributed by atoms with Gasteiger partial charge in [-0.15, -0.1) is 10.2 Å². The molecule has 0 N–H and O–H groups in total. The number of thioether (sulfide) groups is 1. The molecule has 1 saturated heterocycles. The highest BCUT2D eigenvalue weighted by atomic mass is 32.2. The first-order chi connectivity index (χ1) is 13.2. The van der Waals surface area contributed by atoms with Crippen molar-refractivity contribution in [2.75, 3.05) is 17.3 Å². The van der Waals surface area contributed by atoms with Crippen LogP contribution in [0.25, 0.3) is 0 Å². The molecule has 1 fully saturated rings. The number of alkyl halides is 2. The van der Waals surface area contributed by atoms with Crippen molar-refractivity contribution in [3.8, 4) is 5.75 Å². The lowest BCUT2D eigenvalue weighted by atomic mass is 10.1. The van der Waals surface area contributed by atoms with E-state index in [2.05, 4.69) is 14.9 Å². The van der Waals surface area contributed by atoms with Gasteiger partial charge in [0.1, 0.15) is 5.75 Å². The number of halogens is 2. The third-order valence-electron chi connectivity index (χ3n) is 4.22. The maximum atomic E-state index is 12.5. The molecule has 0 spiro atoms. The maximum absolute atomic E-state index is 12.5. The summed E-state index contributed by atoms with van der Waals surface area (Å²) in [5.74, 6) is -0.146. The molecule has 11 heteroatoms. The van der Waals surface area contributed by atoms with Crippen molar-refractivity contribution in [1.82, 2.24) is 10.2 Å². The molecule has 0 amide bonds. The number of benzene rings is 1. The summed E-state index contributed by atoms with van der Waals surface area (Å²) in [7, 11) is -2.98. The second-order valence-electron chi connectivity index (χ2n) is 6.52. The number of nitrogens with zero attached hydrogens (tertiary/aromatic N) is 2. The zero-order valence-corrected chi connectivity index (χ0v) is 16.6. The SMILES string of the molecule is Cc1ccc(OC(F)F)c(C(=O)CSc2nnc(C[C@H]3CCS(=O)(=O)C3)o2)c1. The second kappa shape index (κ2) is 8.56. The number of rotatable bonds is 8. The molecule has 1 aliphatic heterocycles. The molecule has 3 rings (SSSR count). The zero-order valence-electron chi connectivity index (χ0n) is 14.9. The number of carbonyl (C=O) groups is 1. The Morgan fingerprint density at radius 2 is 2.18 bits per heavy atom. The molecule has 1 aromatic heterocycles.